The number of halogens is 1. The molecule has 1 aliphatic carbocycles. The molecule has 1 aliphatic rings. The van der Waals surface area contributed by atoms with Gasteiger partial charge in [-0.3, -0.25) is 9.59 Å². The number of carbonyl (C=O) groups excluding carboxylic acids is 2. The first-order valence-electron chi connectivity index (χ1n) is 11.8. The van der Waals surface area contributed by atoms with Gasteiger partial charge in [-0.1, -0.05) is 61.2 Å². The van der Waals surface area contributed by atoms with Gasteiger partial charge in [0, 0.05) is 22.2 Å². The summed E-state index contributed by atoms with van der Waals surface area (Å²) in [5.74, 6) is -0.401. The second kappa shape index (κ2) is 11.7. The van der Waals surface area contributed by atoms with Gasteiger partial charge < -0.3 is 10.1 Å². The van der Waals surface area contributed by atoms with Gasteiger partial charge in [0.05, 0.1) is 10.6 Å². The average molecular weight is 527 g/mol. The Bertz CT molecular complexity index is 1320. The number of ether oxygens (including phenoxy) is 1. The van der Waals surface area contributed by atoms with Gasteiger partial charge in [-0.15, -0.1) is 0 Å². The number of carbonyl (C=O) groups is 2. The number of benzene rings is 3. The zero-order chi connectivity index (χ0) is 25.5. The molecule has 0 saturated heterocycles. The summed E-state index contributed by atoms with van der Waals surface area (Å²) in [4.78, 5) is 25.6. The van der Waals surface area contributed by atoms with E-state index in [1.165, 1.54) is 30.3 Å². The van der Waals surface area contributed by atoms with Crippen molar-refractivity contribution in [3.63, 3.8) is 0 Å². The maximum absolute atomic E-state index is 12.9. The Kier molecular flexibility index (Phi) is 8.40. The number of rotatable bonds is 9. The van der Waals surface area contributed by atoms with Crippen molar-refractivity contribution >= 4 is 39.0 Å². The second-order valence-corrected chi connectivity index (χ2v) is 10.8. The third-order valence-corrected chi connectivity index (χ3v) is 7.74. The summed E-state index contributed by atoms with van der Waals surface area (Å²) in [6, 6.07) is 19.2. The van der Waals surface area contributed by atoms with Gasteiger partial charge >= 0.3 is 0 Å². The van der Waals surface area contributed by atoms with E-state index < -0.39 is 15.9 Å². The molecule has 3 aromatic rings. The highest BCUT2D eigenvalue weighted by Gasteiger charge is 2.22. The van der Waals surface area contributed by atoms with E-state index in [4.69, 9.17) is 16.3 Å². The number of anilines is 1. The van der Waals surface area contributed by atoms with Gasteiger partial charge in [0.15, 0.2) is 12.4 Å². The maximum Gasteiger partial charge on any atom is 0.262 e. The predicted octanol–water partition coefficient (Wildman–Crippen LogP) is 5.20. The standard InChI is InChI=1S/C27H27ClN2O5S/c28-20-11-16-25(24(17-20)27(32)19-7-3-1-4-8-19)29-26(31)18-35-22-12-14-23(15-13-22)36(33,34)30-21-9-5-2-6-10-21/h1,3-4,7-8,11-17,21,30H,2,5-6,9-10,18H2,(H,29,31). The number of amides is 1. The minimum Gasteiger partial charge on any atom is -0.484 e. The van der Waals surface area contributed by atoms with Gasteiger partial charge in [-0.2, -0.15) is 0 Å². The Labute approximate surface area is 215 Å². The summed E-state index contributed by atoms with van der Waals surface area (Å²) >= 11 is 6.09. The van der Waals surface area contributed by atoms with E-state index in [1.807, 2.05) is 6.07 Å². The summed E-state index contributed by atoms with van der Waals surface area (Å²) in [6.07, 6.45) is 4.89. The molecule has 0 atom stereocenters. The molecule has 0 spiro atoms. The van der Waals surface area contributed by atoms with Crippen LogP contribution >= 0.6 is 11.6 Å². The van der Waals surface area contributed by atoms with Gasteiger partial charge in [0.2, 0.25) is 10.0 Å². The lowest BCUT2D eigenvalue weighted by Gasteiger charge is -2.22. The molecule has 0 bridgehead atoms. The molecule has 3 aromatic carbocycles. The van der Waals surface area contributed by atoms with Crippen LogP contribution in [0.5, 0.6) is 5.75 Å². The van der Waals surface area contributed by atoms with Crippen LogP contribution in [0.3, 0.4) is 0 Å². The molecule has 4 rings (SSSR count). The second-order valence-electron chi connectivity index (χ2n) is 8.65. The Balaban J connectivity index is 1.37. The Morgan fingerprint density at radius 1 is 0.917 bits per heavy atom. The summed E-state index contributed by atoms with van der Waals surface area (Å²) < 4.78 is 33.6. The Hall–Kier alpha value is -3.20. The topological polar surface area (TPSA) is 102 Å². The largest absolute Gasteiger partial charge is 0.484 e. The molecule has 0 aliphatic heterocycles. The van der Waals surface area contributed by atoms with E-state index in [9.17, 15) is 18.0 Å². The molecule has 7 nitrogen and oxygen atoms in total. The Morgan fingerprint density at radius 2 is 1.61 bits per heavy atom. The number of ketones is 1. The van der Waals surface area contributed by atoms with Crippen molar-refractivity contribution in [2.24, 2.45) is 0 Å². The molecule has 0 unspecified atom stereocenters. The van der Waals surface area contributed by atoms with E-state index in [-0.39, 0.29) is 28.9 Å². The zero-order valence-electron chi connectivity index (χ0n) is 19.6. The third-order valence-electron chi connectivity index (χ3n) is 5.97. The zero-order valence-corrected chi connectivity index (χ0v) is 21.1. The smallest absolute Gasteiger partial charge is 0.262 e. The molecule has 36 heavy (non-hydrogen) atoms. The van der Waals surface area contributed by atoms with Crippen LogP contribution < -0.4 is 14.8 Å². The van der Waals surface area contributed by atoms with Crippen LogP contribution in [-0.4, -0.2) is 32.8 Å². The molecule has 1 saturated carbocycles. The fourth-order valence-electron chi connectivity index (χ4n) is 4.12. The average Bonchev–Trinajstić information content (AvgIpc) is 2.89. The van der Waals surface area contributed by atoms with Crippen LogP contribution in [0, 0.1) is 0 Å². The van der Waals surface area contributed by atoms with Crippen molar-refractivity contribution in [2.45, 2.75) is 43.0 Å². The van der Waals surface area contributed by atoms with Crippen molar-refractivity contribution in [1.82, 2.24) is 4.72 Å². The van der Waals surface area contributed by atoms with E-state index in [1.54, 1.807) is 36.4 Å². The lowest BCUT2D eigenvalue weighted by molar-refractivity contribution is -0.118. The van der Waals surface area contributed by atoms with Gasteiger partial charge in [0.1, 0.15) is 5.75 Å². The molecule has 2 N–H and O–H groups in total. The van der Waals surface area contributed by atoms with Crippen molar-refractivity contribution in [3.8, 4) is 5.75 Å². The number of hydrogen-bond acceptors (Lipinski definition) is 5. The summed E-state index contributed by atoms with van der Waals surface area (Å²) in [6.45, 7) is -0.325. The molecular formula is C27H27ClN2O5S. The summed E-state index contributed by atoms with van der Waals surface area (Å²) in [7, 11) is -3.62. The molecule has 0 heterocycles. The van der Waals surface area contributed by atoms with E-state index in [2.05, 4.69) is 10.0 Å². The van der Waals surface area contributed by atoms with Gasteiger partial charge in [-0.05, 0) is 55.3 Å². The van der Waals surface area contributed by atoms with Crippen LogP contribution in [-0.2, 0) is 14.8 Å². The van der Waals surface area contributed by atoms with Gasteiger partial charge in [0.25, 0.3) is 5.91 Å². The van der Waals surface area contributed by atoms with Crippen molar-refractivity contribution < 1.29 is 22.7 Å². The number of sulfonamides is 1. The van der Waals surface area contributed by atoms with E-state index in [0.717, 1.165) is 32.1 Å². The van der Waals surface area contributed by atoms with Crippen molar-refractivity contribution in [2.75, 3.05) is 11.9 Å². The highest BCUT2D eigenvalue weighted by atomic mass is 35.5. The van der Waals surface area contributed by atoms with Crippen LogP contribution in [0.2, 0.25) is 5.02 Å². The van der Waals surface area contributed by atoms with Crippen LogP contribution in [0.1, 0.15) is 48.0 Å². The fourth-order valence-corrected chi connectivity index (χ4v) is 5.59. The van der Waals surface area contributed by atoms with Crippen LogP contribution in [0.15, 0.2) is 77.7 Å². The minimum absolute atomic E-state index is 0.0325. The SMILES string of the molecule is O=C(COc1ccc(S(=O)(=O)NC2CCCCC2)cc1)Nc1ccc(Cl)cc1C(=O)c1ccccc1. The van der Waals surface area contributed by atoms with Crippen molar-refractivity contribution in [3.05, 3.63) is 88.9 Å². The van der Waals surface area contributed by atoms with E-state index in [0.29, 0.717) is 22.0 Å². The normalized spacial score (nSPS) is 14.2. The molecular weight excluding hydrogens is 500 g/mol. The Morgan fingerprint density at radius 3 is 2.31 bits per heavy atom. The maximum atomic E-state index is 12.9. The van der Waals surface area contributed by atoms with Gasteiger partial charge in [-0.25, -0.2) is 13.1 Å². The quantitative estimate of drug-likeness (QED) is 0.373. The van der Waals surface area contributed by atoms with Crippen molar-refractivity contribution in [1.29, 1.82) is 0 Å². The van der Waals surface area contributed by atoms with E-state index >= 15 is 0 Å². The molecule has 9 heteroatoms. The highest BCUT2D eigenvalue weighted by molar-refractivity contribution is 7.89. The lowest BCUT2D eigenvalue weighted by atomic mass is 9.96. The van der Waals surface area contributed by atoms with Crippen LogP contribution in [0.4, 0.5) is 5.69 Å². The molecule has 1 amide bonds. The summed E-state index contributed by atoms with van der Waals surface area (Å²) in [5.41, 5.74) is 1.05. The predicted molar refractivity (Wildman–Crippen MR) is 139 cm³/mol. The fraction of sp³-hybridized carbons (Fsp3) is 0.259. The monoisotopic (exact) mass is 526 g/mol. The highest BCUT2D eigenvalue weighted by Crippen LogP contribution is 2.24. The molecule has 0 aromatic heterocycles. The lowest BCUT2D eigenvalue weighted by Crippen LogP contribution is -2.36. The molecule has 1 fully saturated rings. The first-order chi connectivity index (χ1) is 17.3. The molecule has 188 valence electrons. The first kappa shape index (κ1) is 25.9. The van der Waals surface area contributed by atoms with Crippen LogP contribution in [0.25, 0.3) is 0 Å². The minimum atomic E-state index is -3.62. The third kappa shape index (κ3) is 6.72. The number of hydrogen-bond donors (Lipinski definition) is 2. The number of nitrogens with one attached hydrogen (secondary N) is 2. The molecule has 0 radical (unpaired) electrons. The first-order valence-corrected chi connectivity index (χ1v) is 13.6. The summed E-state index contributed by atoms with van der Waals surface area (Å²) in [5, 5.41) is 3.06.